The highest BCUT2D eigenvalue weighted by molar-refractivity contribution is 6.25. The number of benzene rings is 7. The molecule has 7 aromatic rings. The maximum atomic E-state index is 2.68. The van der Waals surface area contributed by atoms with Crippen LogP contribution in [0.3, 0.4) is 0 Å². The van der Waals surface area contributed by atoms with E-state index in [2.05, 4.69) is 164 Å². The molecule has 7 aromatic carbocycles. The van der Waals surface area contributed by atoms with Crippen molar-refractivity contribution >= 4 is 54.6 Å². The van der Waals surface area contributed by atoms with Crippen molar-refractivity contribution in [1.29, 1.82) is 0 Å². The average molecular weight is 761 g/mol. The second kappa shape index (κ2) is 11.5. The molecule has 0 bridgehead atoms. The molecule has 3 atom stereocenters. The first-order valence-corrected chi connectivity index (χ1v) is 22.2. The van der Waals surface area contributed by atoms with Crippen molar-refractivity contribution in [2.24, 2.45) is 17.8 Å². The Labute approximate surface area is 349 Å². The Kier molecular flexibility index (Phi) is 6.16. The van der Waals surface area contributed by atoms with E-state index in [0.717, 1.165) is 19.3 Å². The molecule has 8 aliphatic rings. The highest BCUT2D eigenvalue weighted by atomic mass is 14.5. The van der Waals surface area contributed by atoms with Crippen molar-refractivity contribution in [2.75, 3.05) is 0 Å². The Bertz CT molecular complexity index is 3610. The first kappa shape index (κ1) is 32.1. The number of allylic oxidation sites excluding steroid dienone is 14. The van der Waals surface area contributed by atoms with E-state index in [1.807, 2.05) is 0 Å². The van der Waals surface area contributed by atoms with Gasteiger partial charge in [0.05, 0.1) is 0 Å². The third kappa shape index (κ3) is 3.98. The zero-order valence-corrected chi connectivity index (χ0v) is 33.4. The highest BCUT2D eigenvalue weighted by Gasteiger charge is 2.45. The molecule has 0 saturated heterocycles. The van der Waals surface area contributed by atoms with Gasteiger partial charge in [-0.15, -0.1) is 0 Å². The predicted octanol–water partition coefficient (Wildman–Crippen LogP) is 13.7. The van der Waals surface area contributed by atoms with Gasteiger partial charge in [-0.3, -0.25) is 0 Å². The summed E-state index contributed by atoms with van der Waals surface area (Å²) in [6.07, 6.45) is 25.2. The van der Waals surface area contributed by atoms with Gasteiger partial charge in [0.1, 0.15) is 0 Å². The lowest BCUT2D eigenvalue weighted by molar-refractivity contribution is 0.591. The first-order valence-electron chi connectivity index (χ1n) is 22.2. The largest absolute Gasteiger partial charge is 0.0842 e. The van der Waals surface area contributed by atoms with Crippen molar-refractivity contribution in [2.45, 2.75) is 32.1 Å². The second-order valence-corrected chi connectivity index (χ2v) is 18.4. The van der Waals surface area contributed by atoms with Crippen LogP contribution < -0.4 is 10.4 Å². The van der Waals surface area contributed by atoms with Gasteiger partial charge in [-0.25, -0.2) is 0 Å². The van der Waals surface area contributed by atoms with Crippen LogP contribution in [0.4, 0.5) is 0 Å². The Morgan fingerprint density at radius 1 is 0.550 bits per heavy atom. The van der Waals surface area contributed by atoms with Gasteiger partial charge in [-0.1, -0.05) is 146 Å². The van der Waals surface area contributed by atoms with Gasteiger partial charge in [0, 0.05) is 11.8 Å². The summed E-state index contributed by atoms with van der Waals surface area (Å²) in [5.74, 6) is 1.37. The highest BCUT2D eigenvalue weighted by Crippen LogP contribution is 2.64. The van der Waals surface area contributed by atoms with Crippen LogP contribution in [0.15, 0.2) is 186 Å². The Hall–Kier alpha value is -6.76. The minimum Gasteiger partial charge on any atom is -0.0842 e. The van der Waals surface area contributed by atoms with Crippen LogP contribution in [0.5, 0.6) is 0 Å². The molecule has 0 heteroatoms. The molecule has 0 aromatic heterocycles. The molecule has 0 saturated carbocycles. The van der Waals surface area contributed by atoms with Crippen molar-refractivity contribution in [3.05, 3.63) is 213 Å². The molecule has 8 aliphatic carbocycles. The van der Waals surface area contributed by atoms with Gasteiger partial charge in [0.2, 0.25) is 0 Å². The number of rotatable bonds is 2. The zero-order chi connectivity index (χ0) is 38.8. The maximum Gasteiger partial charge on any atom is 0.0196 e. The van der Waals surface area contributed by atoms with E-state index in [4.69, 9.17) is 0 Å². The van der Waals surface area contributed by atoms with Crippen molar-refractivity contribution in [3.63, 3.8) is 0 Å². The summed E-state index contributed by atoms with van der Waals surface area (Å²) in [4.78, 5) is 0. The van der Waals surface area contributed by atoms with E-state index < -0.39 is 0 Å². The zero-order valence-electron chi connectivity index (χ0n) is 33.4. The first-order chi connectivity index (χ1) is 29.8. The van der Waals surface area contributed by atoms with Crippen LogP contribution in [0.25, 0.3) is 88.0 Å². The molecule has 0 spiro atoms. The second-order valence-electron chi connectivity index (χ2n) is 18.4. The van der Waals surface area contributed by atoms with Gasteiger partial charge in [-0.2, -0.15) is 0 Å². The van der Waals surface area contributed by atoms with Crippen LogP contribution in [-0.4, -0.2) is 0 Å². The van der Waals surface area contributed by atoms with Crippen molar-refractivity contribution in [1.82, 2.24) is 0 Å². The van der Waals surface area contributed by atoms with Gasteiger partial charge >= 0.3 is 0 Å². The van der Waals surface area contributed by atoms with Crippen LogP contribution in [0.1, 0.15) is 48.8 Å². The fourth-order valence-corrected chi connectivity index (χ4v) is 13.3. The fraction of sp³-hybridized carbons (Fsp3) is 0.133. The molecule has 0 aliphatic heterocycles. The van der Waals surface area contributed by atoms with Crippen molar-refractivity contribution < 1.29 is 0 Å². The third-order valence-electron chi connectivity index (χ3n) is 15.6. The SMILES string of the molecule is C1=CC2C=CC3=C4C5=C(CC3)c3c(c(-c6cccc7ccccc67)c6cc7c(cc6c3-c3cccc6ccccc36)C3=c6c-7cccc6=C6C=CCCC6C3)C5=CC(=C1)C42. The molecule has 0 heterocycles. The van der Waals surface area contributed by atoms with Gasteiger partial charge in [-0.05, 0) is 194 Å². The molecule has 0 amide bonds. The van der Waals surface area contributed by atoms with E-state index in [0.29, 0.717) is 17.8 Å². The Balaban J connectivity index is 1.17. The van der Waals surface area contributed by atoms with Crippen LogP contribution in [-0.2, 0) is 0 Å². The lowest BCUT2D eigenvalue weighted by Gasteiger charge is -2.40. The summed E-state index contributed by atoms with van der Waals surface area (Å²) in [7, 11) is 0. The Morgan fingerprint density at radius 2 is 1.27 bits per heavy atom. The quantitative estimate of drug-likeness (QED) is 0.165. The summed E-state index contributed by atoms with van der Waals surface area (Å²) >= 11 is 0. The molecule has 3 unspecified atom stereocenters. The summed E-state index contributed by atoms with van der Waals surface area (Å²) in [5.41, 5.74) is 24.9. The third-order valence-corrected chi connectivity index (χ3v) is 15.6. The van der Waals surface area contributed by atoms with E-state index in [-0.39, 0.29) is 0 Å². The molecule has 0 N–H and O–H groups in total. The molecular weight excluding hydrogens is 721 g/mol. The Morgan fingerprint density at radius 3 is 2.08 bits per heavy atom. The maximum absolute atomic E-state index is 2.68. The lowest BCUT2D eigenvalue weighted by Crippen LogP contribution is -2.35. The number of fused-ring (bicyclic) bond motifs is 10. The standard InChI is InChI=1S/C60H40/c1-4-18-39-33(11-1)14-8-21-43(39)56-51-32-48-47(45-24-10-23-42-41-20-6-3-13-37(41)29-49(48)55(42)45)31-50(51)57(44-22-9-15-34-12-2-5-19-40(34)44)60-52-30-38-17-7-16-35-25-26-36-27-28-46(59(56)60)58(52)54(36)53(35)38/h1-2,4-12,14-26,30-32,35,37,53H,3,13,27-29H2. The number of hydrogen-bond donors (Lipinski definition) is 0. The fourth-order valence-electron chi connectivity index (χ4n) is 13.3. The molecule has 15 rings (SSSR count). The molecule has 280 valence electrons. The summed E-state index contributed by atoms with van der Waals surface area (Å²) in [6, 6.07) is 44.7. The molecule has 0 nitrogen and oxygen atoms in total. The summed E-state index contributed by atoms with van der Waals surface area (Å²) in [5, 5.41) is 10.9. The normalized spacial score (nSPS) is 22.0. The molecule has 0 fully saturated rings. The molecular formula is C60H40. The lowest BCUT2D eigenvalue weighted by atomic mass is 9.63. The average Bonchev–Trinajstić information content (AvgIpc) is 3.80. The van der Waals surface area contributed by atoms with Crippen LogP contribution in [0, 0.1) is 17.8 Å². The van der Waals surface area contributed by atoms with Gasteiger partial charge in [0.15, 0.2) is 0 Å². The number of hydrogen-bond acceptors (Lipinski definition) is 0. The van der Waals surface area contributed by atoms with Gasteiger partial charge < -0.3 is 0 Å². The molecule has 60 heavy (non-hydrogen) atoms. The van der Waals surface area contributed by atoms with Crippen LogP contribution >= 0.6 is 0 Å². The monoisotopic (exact) mass is 760 g/mol. The van der Waals surface area contributed by atoms with Crippen LogP contribution in [0.2, 0.25) is 0 Å². The summed E-state index contributed by atoms with van der Waals surface area (Å²) in [6.45, 7) is 0. The minimum absolute atomic E-state index is 0.392. The minimum atomic E-state index is 0.392. The van der Waals surface area contributed by atoms with Gasteiger partial charge in [0.25, 0.3) is 0 Å². The van der Waals surface area contributed by atoms with E-state index in [9.17, 15) is 0 Å². The topological polar surface area (TPSA) is 0 Å². The summed E-state index contributed by atoms with van der Waals surface area (Å²) < 4.78 is 0. The predicted molar refractivity (Wildman–Crippen MR) is 251 cm³/mol. The molecule has 0 radical (unpaired) electrons. The van der Waals surface area contributed by atoms with E-state index >= 15 is 0 Å². The smallest absolute Gasteiger partial charge is 0.0196 e. The van der Waals surface area contributed by atoms with E-state index in [1.165, 1.54) is 122 Å². The van der Waals surface area contributed by atoms with E-state index in [1.54, 1.807) is 27.9 Å². The van der Waals surface area contributed by atoms with Crippen molar-refractivity contribution in [3.8, 4) is 33.4 Å².